The maximum absolute atomic E-state index is 13.1. The fourth-order valence-electron chi connectivity index (χ4n) is 3.80. The topological polar surface area (TPSA) is 79.8 Å². The van der Waals surface area contributed by atoms with Crippen LogP contribution in [0.2, 0.25) is 0 Å². The Morgan fingerprint density at radius 2 is 1.97 bits per heavy atom. The normalized spacial score (nSPS) is 15.0. The van der Waals surface area contributed by atoms with Crippen molar-refractivity contribution in [3.63, 3.8) is 0 Å². The highest BCUT2D eigenvalue weighted by molar-refractivity contribution is 7.09. The Kier molecular flexibility index (Phi) is 8.01. The van der Waals surface area contributed by atoms with Crippen molar-refractivity contribution in [2.45, 2.75) is 38.6 Å². The molecule has 7 nitrogen and oxygen atoms in total. The molecule has 0 spiro atoms. The lowest BCUT2D eigenvalue weighted by atomic mass is 9.98. The molecule has 1 aromatic heterocycles. The number of hydrogen-bond acceptors (Lipinski definition) is 6. The first-order chi connectivity index (χ1) is 15.5. The van der Waals surface area contributed by atoms with Crippen LogP contribution in [-0.2, 0) is 4.74 Å². The van der Waals surface area contributed by atoms with Crippen molar-refractivity contribution in [1.82, 2.24) is 14.8 Å². The molecule has 1 unspecified atom stereocenters. The predicted octanol–water partition coefficient (Wildman–Crippen LogP) is 3.83. The molecule has 8 heteroatoms. The summed E-state index contributed by atoms with van der Waals surface area (Å²) in [6, 6.07) is 8.40. The quantitative estimate of drug-likeness (QED) is 0.470. The van der Waals surface area contributed by atoms with Gasteiger partial charge in [-0.1, -0.05) is 36.3 Å². The minimum atomic E-state index is -0.586. The molecule has 1 saturated heterocycles. The van der Waals surface area contributed by atoms with E-state index in [4.69, 9.17) is 11.2 Å². The van der Waals surface area contributed by atoms with Crippen LogP contribution in [-0.4, -0.2) is 64.9 Å². The van der Waals surface area contributed by atoms with Crippen LogP contribution in [0.3, 0.4) is 0 Å². The summed E-state index contributed by atoms with van der Waals surface area (Å²) >= 11 is 1.45. The van der Waals surface area contributed by atoms with Crippen LogP contribution in [0.25, 0.3) is 0 Å². The number of nitrogens with zero attached hydrogens (tertiary/aromatic N) is 3. The molecule has 32 heavy (non-hydrogen) atoms. The Morgan fingerprint density at radius 3 is 2.59 bits per heavy atom. The molecule has 0 radical (unpaired) electrons. The number of amides is 2. The molecule has 1 atom stereocenters. The van der Waals surface area contributed by atoms with E-state index in [1.54, 1.807) is 34.2 Å². The second-order valence-corrected chi connectivity index (χ2v) is 8.48. The fourth-order valence-corrected chi connectivity index (χ4v) is 4.77. The van der Waals surface area contributed by atoms with Gasteiger partial charge in [-0.3, -0.25) is 9.59 Å². The Morgan fingerprint density at radius 1 is 1.28 bits per heavy atom. The Labute approximate surface area is 192 Å². The van der Waals surface area contributed by atoms with Gasteiger partial charge in [0.25, 0.3) is 5.91 Å². The van der Waals surface area contributed by atoms with Crippen LogP contribution in [0, 0.1) is 12.3 Å². The van der Waals surface area contributed by atoms with Crippen molar-refractivity contribution < 1.29 is 19.1 Å². The second-order valence-electron chi connectivity index (χ2n) is 7.59. The van der Waals surface area contributed by atoms with E-state index in [0.29, 0.717) is 30.9 Å². The van der Waals surface area contributed by atoms with Crippen molar-refractivity contribution in [3.8, 4) is 12.3 Å². The summed E-state index contributed by atoms with van der Waals surface area (Å²) < 4.78 is 4.98. The van der Waals surface area contributed by atoms with E-state index in [9.17, 15) is 14.4 Å². The molecule has 0 aliphatic carbocycles. The first-order valence-corrected chi connectivity index (χ1v) is 11.5. The second kappa shape index (κ2) is 10.9. The SMILES string of the molecule is C#CCOC(=O)N1CCC(c2nc(C(=O)N(CC)C(C)C(=O)c3ccccc3)cs2)CC1. The van der Waals surface area contributed by atoms with Crippen molar-refractivity contribution in [1.29, 1.82) is 0 Å². The number of ether oxygens (including phenoxy) is 1. The molecular formula is C24H27N3O4S. The molecule has 1 fully saturated rings. The molecule has 2 amide bonds. The zero-order valence-electron chi connectivity index (χ0n) is 18.3. The number of terminal acetylenes is 1. The van der Waals surface area contributed by atoms with Crippen LogP contribution >= 0.6 is 11.3 Å². The maximum Gasteiger partial charge on any atom is 0.410 e. The van der Waals surface area contributed by atoms with E-state index in [1.807, 2.05) is 25.1 Å². The molecule has 1 aromatic carbocycles. The van der Waals surface area contributed by atoms with E-state index >= 15 is 0 Å². The third-order valence-electron chi connectivity index (χ3n) is 5.63. The van der Waals surface area contributed by atoms with Gasteiger partial charge in [-0.25, -0.2) is 9.78 Å². The van der Waals surface area contributed by atoms with E-state index in [1.165, 1.54) is 11.3 Å². The fraction of sp³-hybridized carbons (Fsp3) is 0.417. The summed E-state index contributed by atoms with van der Waals surface area (Å²) in [7, 11) is 0. The average Bonchev–Trinajstić information content (AvgIpc) is 3.33. The van der Waals surface area contributed by atoms with Crippen molar-refractivity contribution in [2.75, 3.05) is 26.2 Å². The number of thiazole rings is 1. The third-order valence-corrected chi connectivity index (χ3v) is 6.64. The van der Waals surface area contributed by atoms with Crippen LogP contribution in [0.5, 0.6) is 0 Å². The molecule has 2 aromatic rings. The largest absolute Gasteiger partial charge is 0.436 e. The number of likely N-dealkylation sites (N-methyl/N-ethyl adjacent to an activating group) is 1. The number of aromatic nitrogens is 1. The molecule has 3 rings (SSSR count). The van der Waals surface area contributed by atoms with Crippen LogP contribution in [0.1, 0.15) is 58.5 Å². The number of benzene rings is 1. The van der Waals surface area contributed by atoms with E-state index in [2.05, 4.69) is 10.9 Å². The first-order valence-electron chi connectivity index (χ1n) is 10.7. The van der Waals surface area contributed by atoms with Crippen LogP contribution < -0.4 is 0 Å². The smallest absolute Gasteiger partial charge is 0.410 e. The number of piperidine rings is 1. The van der Waals surface area contributed by atoms with Crippen molar-refractivity contribution >= 4 is 29.1 Å². The number of ketones is 1. The standard InChI is InChI=1S/C24H27N3O4S/c1-4-15-31-24(30)26-13-11-19(12-14-26)22-25-20(16-32-22)23(29)27(5-2)17(3)21(28)18-9-7-6-8-10-18/h1,6-10,16-17,19H,5,11-15H2,2-3H3. The van der Waals surface area contributed by atoms with Crippen molar-refractivity contribution in [2.24, 2.45) is 0 Å². The molecule has 0 saturated carbocycles. The Bertz CT molecular complexity index is 990. The van der Waals surface area contributed by atoms with E-state index in [0.717, 1.165) is 17.8 Å². The number of likely N-dealkylation sites (tertiary alicyclic amines) is 1. The number of Topliss-reactive ketones (excluding diaryl/α,β-unsaturated/α-hetero) is 1. The van der Waals surface area contributed by atoms with E-state index < -0.39 is 12.1 Å². The summed E-state index contributed by atoms with van der Waals surface area (Å²) in [5, 5.41) is 2.64. The van der Waals surface area contributed by atoms with Crippen molar-refractivity contribution in [3.05, 3.63) is 52.0 Å². The highest BCUT2D eigenvalue weighted by atomic mass is 32.1. The summed E-state index contributed by atoms with van der Waals surface area (Å²) in [4.78, 5) is 45.7. The monoisotopic (exact) mass is 453 g/mol. The highest BCUT2D eigenvalue weighted by Crippen LogP contribution is 2.31. The van der Waals surface area contributed by atoms with Gasteiger partial charge >= 0.3 is 6.09 Å². The number of carbonyl (C=O) groups excluding carboxylic acids is 3. The minimum Gasteiger partial charge on any atom is -0.436 e. The zero-order chi connectivity index (χ0) is 23.1. The van der Waals surface area contributed by atoms with Gasteiger partial charge in [-0.2, -0.15) is 0 Å². The summed E-state index contributed by atoms with van der Waals surface area (Å²) in [6.45, 7) is 5.09. The van der Waals surface area contributed by atoms with Crippen LogP contribution in [0.4, 0.5) is 4.79 Å². The Hall–Kier alpha value is -3.18. The lowest BCUT2D eigenvalue weighted by Gasteiger charge is -2.30. The third kappa shape index (κ3) is 5.35. The number of rotatable bonds is 7. The zero-order valence-corrected chi connectivity index (χ0v) is 19.1. The van der Waals surface area contributed by atoms with Gasteiger partial charge in [-0.05, 0) is 26.7 Å². The van der Waals surface area contributed by atoms with Gasteiger partial charge in [-0.15, -0.1) is 17.8 Å². The summed E-state index contributed by atoms with van der Waals surface area (Å²) in [5.74, 6) is 2.12. The molecular weight excluding hydrogens is 426 g/mol. The first kappa shape index (κ1) is 23.5. The predicted molar refractivity (Wildman–Crippen MR) is 123 cm³/mol. The van der Waals surface area contributed by atoms with Gasteiger partial charge in [0.2, 0.25) is 0 Å². The lowest BCUT2D eigenvalue weighted by Crippen LogP contribution is -2.43. The number of carbonyl (C=O) groups is 3. The number of hydrogen-bond donors (Lipinski definition) is 0. The molecule has 0 N–H and O–H groups in total. The molecule has 1 aliphatic heterocycles. The minimum absolute atomic E-state index is 0.0319. The molecule has 168 valence electrons. The molecule has 1 aliphatic rings. The van der Waals surface area contributed by atoms with Gasteiger partial charge in [0.05, 0.1) is 11.0 Å². The van der Waals surface area contributed by atoms with Crippen LogP contribution in [0.15, 0.2) is 35.7 Å². The summed E-state index contributed by atoms with van der Waals surface area (Å²) in [6.07, 6.45) is 6.21. The Balaban J connectivity index is 1.63. The highest BCUT2D eigenvalue weighted by Gasteiger charge is 2.30. The van der Waals surface area contributed by atoms with Gasteiger partial charge in [0.15, 0.2) is 12.4 Å². The average molecular weight is 454 g/mol. The summed E-state index contributed by atoms with van der Waals surface area (Å²) in [5.41, 5.74) is 0.938. The molecule has 0 bridgehead atoms. The maximum atomic E-state index is 13.1. The van der Waals surface area contributed by atoms with Gasteiger partial charge < -0.3 is 14.5 Å². The molecule has 2 heterocycles. The van der Waals surface area contributed by atoms with Gasteiger partial charge in [0, 0.05) is 36.5 Å². The lowest BCUT2D eigenvalue weighted by molar-refractivity contribution is 0.0633. The van der Waals surface area contributed by atoms with Gasteiger partial charge in [0.1, 0.15) is 5.69 Å². The van der Waals surface area contributed by atoms with E-state index in [-0.39, 0.29) is 24.2 Å².